The fourth-order valence-corrected chi connectivity index (χ4v) is 2.06. The van der Waals surface area contributed by atoms with Gasteiger partial charge in [0.15, 0.2) is 17.6 Å². The highest BCUT2D eigenvalue weighted by atomic mass is 16.5. The summed E-state index contributed by atoms with van der Waals surface area (Å²) in [7, 11) is 3.03. The number of ether oxygens (including phenoxy) is 2. The van der Waals surface area contributed by atoms with E-state index in [2.05, 4.69) is 5.32 Å². The zero-order valence-electron chi connectivity index (χ0n) is 12.6. The smallest absolute Gasteiger partial charge is 0.253 e. The highest BCUT2D eigenvalue weighted by molar-refractivity contribution is 5.82. The molecule has 0 spiro atoms. The molecule has 0 aromatic heterocycles. The molecule has 22 heavy (non-hydrogen) atoms. The van der Waals surface area contributed by atoms with Crippen LogP contribution in [0.5, 0.6) is 11.5 Å². The Balaban J connectivity index is 2.04. The molecule has 0 saturated heterocycles. The molecule has 2 aromatic rings. The molecule has 0 saturated carbocycles. The van der Waals surface area contributed by atoms with Crippen LogP contribution in [0, 0.1) is 0 Å². The summed E-state index contributed by atoms with van der Waals surface area (Å²) in [4.78, 5) is 12.0. The summed E-state index contributed by atoms with van der Waals surface area (Å²) in [5.41, 5.74) is 1.42. The Morgan fingerprint density at radius 1 is 1.09 bits per heavy atom. The standard InChI is InChI=1S/C17H19NO4/c1-21-14-9-8-13(10-15(14)22-2)16(19)17(20)18-11-12-6-4-3-5-7-12/h3-10,16,19H,11H2,1-2H3,(H,18,20). The lowest BCUT2D eigenvalue weighted by atomic mass is 10.1. The molecule has 116 valence electrons. The van der Waals surface area contributed by atoms with Gasteiger partial charge in [-0.3, -0.25) is 4.79 Å². The molecule has 0 fully saturated rings. The van der Waals surface area contributed by atoms with E-state index in [0.717, 1.165) is 5.56 Å². The maximum atomic E-state index is 12.0. The van der Waals surface area contributed by atoms with Crippen molar-refractivity contribution in [3.05, 3.63) is 59.7 Å². The first-order valence-electron chi connectivity index (χ1n) is 6.87. The average Bonchev–Trinajstić information content (AvgIpc) is 2.59. The van der Waals surface area contributed by atoms with E-state index in [-0.39, 0.29) is 0 Å². The molecule has 2 N–H and O–H groups in total. The summed E-state index contributed by atoms with van der Waals surface area (Å²) in [5.74, 6) is 0.550. The zero-order valence-corrected chi connectivity index (χ0v) is 12.6. The van der Waals surface area contributed by atoms with Crippen molar-refractivity contribution in [1.82, 2.24) is 5.32 Å². The van der Waals surface area contributed by atoms with Gasteiger partial charge in [0, 0.05) is 6.54 Å². The number of methoxy groups -OCH3 is 2. The molecule has 0 aliphatic rings. The van der Waals surface area contributed by atoms with E-state index in [0.29, 0.717) is 23.6 Å². The molecule has 0 heterocycles. The van der Waals surface area contributed by atoms with Crippen molar-refractivity contribution in [1.29, 1.82) is 0 Å². The molecule has 2 aromatic carbocycles. The normalized spacial score (nSPS) is 11.6. The van der Waals surface area contributed by atoms with Gasteiger partial charge in [-0.15, -0.1) is 0 Å². The van der Waals surface area contributed by atoms with Crippen LogP contribution in [0.4, 0.5) is 0 Å². The van der Waals surface area contributed by atoms with Gasteiger partial charge in [-0.25, -0.2) is 0 Å². The maximum Gasteiger partial charge on any atom is 0.253 e. The van der Waals surface area contributed by atoms with Crippen LogP contribution < -0.4 is 14.8 Å². The topological polar surface area (TPSA) is 67.8 Å². The van der Waals surface area contributed by atoms with Crippen molar-refractivity contribution in [2.75, 3.05) is 14.2 Å². The van der Waals surface area contributed by atoms with Crippen LogP contribution in [0.25, 0.3) is 0 Å². The molecular weight excluding hydrogens is 282 g/mol. The number of carbonyl (C=O) groups excluding carboxylic acids is 1. The summed E-state index contributed by atoms with van der Waals surface area (Å²) in [6.45, 7) is 0.365. The van der Waals surface area contributed by atoms with Crippen LogP contribution in [0.2, 0.25) is 0 Å². The third-order valence-corrected chi connectivity index (χ3v) is 3.28. The van der Waals surface area contributed by atoms with E-state index in [1.54, 1.807) is 18.2 Å². The van der Waals surface area contributed by atoms with E-state index < -0.39 is 12.0 Å². The lowest BCUT2D eigenvalue weighted by Crippen LogP contribution is -2.28. The zero-order chi connectivity index (χ0) is 15.9. The minimum absolute atomic E-state index is 0.365. The molecular formula is C17H19NO4. The van der Waals surface area contributed by atoms with Gasteiger partial charge < -0.3 is 19.9 Å². The fourth-order valence-electron chi connectivity index (χ4n) is 2.06. The Bertz CT molecular complexity index is 628. The van der Waals surface area contributed by atoms with Crippen LogP contribution in [0.3, 0.4) is 0 Å². The van der Waals surface area contributed by atoms with Crippen molar-refractivity contribution in [3.63, 3.8) is 0 Å². The van der Waals surface area contributed by atoms with Crippen molar-refractivity contribution >= 4 is 5.91 Å². The number of benzene rings is 2. The molecule has 2 rings (SSSR count). The minimum atomic E-state index is -1.26. The molecule has 0 radical (unpaired) electrons. The van der Waals surface area contributed by atoms with E-state index in [4.69, 9.17) is 9.47 Å². The van der Waals surface area contributed by atoms with Gasteiger partial charge >= 0.3 is 0 Å². The highest BCUT2D eigenvalue weighted by Crippen LogP contribution is 2.30. The number of aliphatic hydroxyl groups is 1. The summed E-state index contributed by atoms with van der Waals surface area (Å²) in [6, 6.07) is 14.4. The second-order valence-corrected chi connectivity index (χ2v) is 4.72. The van der Waals surface area contributed by atoms with Gasteiger partial charge in [-0.1, -0.05) is 36.4 Å². The van der Waals surface area contributed by atoms with E-state index in [1.165, 1.54) is 14.2 Å². The summed E-state index contributed by atoms with van der Waals surface area (Å²) in [5, 5.41) is 12.8. The molecule has 1 amide bonds. The number of nitrogens with one attached hydrogen (secondary N) is 1. The Kier molecular flexibility index (Phi) is 5.38. The van der Waals surface area contributed by atoms with E-state index in [1.807, 2.05) is 30.3 Å². The SMILES string of the molecule is COc1ccc(C(O)C(=O)NCc2ccccc2)cc1OC. The minimum Gasteiger partial charge on any atom is -0.493 e. The predicted molar refractivity (Wildman–Crippen MR) is 82.8 cm³/mol. The maximum absolute atomic E-state index is 12.0. The van der Waals surface area contributed by atoms with Gasteiger partial charge in [-0.2, -0.15) is 0 Å². The lowest BCUT2D eigenvalue weighted by Gasteiger charge is -2.14. The van der Waals surface area contributed by atoms with Crippen molar-refractivity contribution in [3.8, 4) is 11.5 Å². The molecule has 0 aliphatic carbocycles. The lowest BCUT2D eigenvalue weighted by molar-refractivity contribution is -0.129. The van der Waals surface area contributed by atoms with Gasteiger partial charge in [0.25, 0.3) is 5.91 Å². The first-order valence-corrected chi connectivity index (χ1v) is 6.87. The first kappa shape index (κ1) is 15.9. The fraction of sp³-hybridized carbons (Fsp3) is 0.235. The monoisotopic (exact) mass is 301 g/mol. The van der Waals surface area contributed by atoms with Crippen molar-refractivity contribution in [2.45, 2.75) is 12.6 Å². The molecule has 5 heteroatoms. The number of carbonyl (C=O) groups is 1. The Morgan fingerprint density at radius 2 is 1.77 bits per heavy atom. The van der Waals surface area contributed by atoms with Crippen LogP contribution in [0.15, 0.2) is 48.5 Å². The second kappa shape index (κ2) is 7.47. The van der Waals surface area contributed by atoms with Gasteiger partial charge in [-0.05, 0) is 23.3 Å². The number of amides is 1. The van der Waals surface area contributed by atoms with Crippen LogP contribution in [0.1, 0.15) is 17.2 Å². The third-order valence-electron chi connectivity index (χ3n) is 3.28. The average molecular weight is 301 g/mol. The highest BCUT2D eigenvalue weighted by Gasteiger charge is 2.18. The largest absolute Gasteiger partial charge is 0.493 e. The quantitative estimate of drug-likeness (QED) is 0.857. The number of hydrogen-bond donors (Lipinski definition) is 2. The Hall–Kier alpha value is -2.53. The summed E-state index contributed by atoms with van der Waals surface area (Å²) >= 11 is 0. The van der Waals surface area contributed by atoms with Crippen LogP contribution in [-0.2, 0) is 11.3 Å². The van der Waals surface area contributed by atoms with Crippen LogP contribution in [-0.4, -0.2) is 25.2 Å². The Labute approximate surface area is 129 Å². The van der Waals surface area contributed by atoms with Gasteiger partial charge in [0.2, 0.25) is 0 Å². The molecule has 0 aliphatic heterocycles. The van der Waals surface area contributed by atoms with Gasteiger partial charge in [0.05, 0.1) is 14.2 Å². The molecule has 1 unspecified atom stereocenters. The summed E-state index contributed by atoms with van der Waals surface area (Å²) < 4.78 is 10.3. The van der Waals surface area contributed by atoms with E-state index >= 15 is 0 Å². The number of hydrogen-bond acceptors (Lipinski definition) is 4. The molecule has 5 nitrogen and oxygen atoms in total. The molecule has 0 bridgehead atoms. The molecule has 1 atom stereocenters. The van der Waals surface area contributed by atoms with Crippen molar-refractivity contribution in [2.24, 2.45) is 0 Å². The van der Waals surface area contributed by atoms with E-state index in [9.17, 15) is 9.90 Å². The number of rotatable bonds is 6. The Morgan fingerprint density at radius 3 is 2.41 bits per heavy atom. The second-order valence-electron chi connectivity index (χ2n) is 4.72. The first-order chi connectivity index (χ1) is 10.7. The summed E-state index contributed by atoms with van der Waals surface area (Å²) in [6.07, 6.45) is -1.26. The van der Waals surface area contributed by atoms with Crippen LogP contribution >= 0.6 is 0 Å². The van der Waals surface area contributed by atoms with Gasteiger partial charge in [0.1, 0.15) is 0 Å². The predicted octanol–water partition coefficient (Wildman–Crippen LogP) is 2.05. The van der Waals surface area contributed by atoms with Crippen molar-refractivity contribution < 1.29 is 19.4 Å². The number of aliphatic hydroxyl groups excluding tert-OH is 1. The third kappa shape index (κ3) is 3.77.